The van der Waals surface area contributed by atoms with Crippen LogP contribution in [0.15, 0.2) is 17.6 Å². The quantitative estimate of drug-likeness (QED) is 0.534. The van der Waals surface area contributed by atoms with Gasteiger partial charge in [-0.3, -0.25) is 0 Å². The monoisotopic (exact) mass is 209 g/mol. The number of imidazole rings is 1. The first kappa shape index (κ1) is 11.1. The second-order valence-corrected chi connectivity index (χ2v) is 4.02. The van der Waals surface area contributed by atoms with Crippen LogP contribution >= 0.6 is 11.8 Å². The summed E-state index contributed by atoms with van der Waals surface area (Å²) in [6.07, 6.45) is 6.59. The molecule has 0 aliphatic heterocycles. The van der Waals surface area contributed by atoms with E-state index in [0.29, 0.717) is 6.42 Å². The molecule has 0 spiro atoms. The Balaban J connectivity index is 2.21. The molecule has 1 rings (SSSR count). The lowest BCUT2D eigenvalue weighted by molar-refractivity contribution is 0.680. The topological polar surface area (TPSA) is 41.6 Å². The molecule has 4 heteroatoms. The highest BCUT2D eigenvalue weighted by Gasteiger charge is 2.00. The van der Waals surface area contributed by atoms with E-state index in [2.05, 4.69) is 22.5 Å². The van der Waals surface area contributed by atoms with E-state index < -0.39 is 0 Å². The lowest BCUT2D eigenvalue weighted by Crippen LogP contribution is -1.95. The number of nitriles is 1. The Kier molecular flexibility index (Phi) is 5.16. The predicted octanol–water partition coefficient (Wildman–Crippen LogP) is 2.69. The second kappa shape index (κ2) is 6.50. The van der Waals surface area contributed by atoms with Gasteiger partial charge in [-0.1, -0.05) is 11.8 Å². The van der Waals surface area contributed by atoms with Crippen molar-refractivity contribution in [2.45, 2.75) is 37.9 Å². The summed E-state index contributed by atoms with van der Waals surface area (Å²) in [5, 5.41) is 9.45. The van der Waals surface area contributed by atoms with Crippen LogP contribution in [-0.2, 0) is 6.54 Å². The van der Waals surface area contributed by atoms with Crippen LogP contribution in [0.4, 0.5) is 0 Å². The van der Waals surface area contributed by atoms with Crippen LogP contribution in [0.25, 0.3) is 0 Å². The lowest BCUT2D eigenvalue weighted by atomic mass is 10.3. The van der Waals surface area contributed by atoms with Crippen LogP contribution in [0.3, 0.4) is 0 Å². The smallest absolute Gasteiger partial charge is 0.167 e. The summed E-state index contributed by atoms with van der Waals surface area (Å²) in [6.45, 7) is 3.09. The van der Waals surface area contributed by atoms with Crippen molar-refractivity contribution in [1.82, 2.24) is 9.55 Å². The molecular formula is C10H15N3S. The third-order valence-electron chi connectivity index (χ3n) is 1.93. The van der Waals surface area contributed by atoms with Crippen LogP contribution in [0, 0.1) is 11.3 Å². The van der Waals surface area contributed by atoms with Gasteiger partial charge in [-0.05, 0) is 19.8 Å². The Morgan fingerprint density at radius 3 is 3.14 bits per heavy atom. The molecule has 0 saturated carbocycles. The van der Waals surface area contributed by atoms with Crippen molar-refractivity contribution in [3.05, 3.63) is 12.4 Å². The summed E-state index contributed by atoms with van der Waals surface area (Å²) in [6, 6.07) is 2.15. The zero-order valence-electron chi connectivity index (χ0n) is 8.44. The van der Waals surface area contributed by atoms with Crippen molar-refractivity contribution >= 4 is 11.8 Å². The molecule has 0 bridgehead atoms. The molecule has 3 nitrogen and oxygen atoms in total. The Bertz CT molecular complexity index is 301. The van der Waals surface area contributed by atoms with Gasteiger partial charge in [0.05, 0.1) is 6.07 Å². The van der Waals surface area contributed by atoms with E-state index in [1.165, 1.54) is 0 Å². The molecule has 0 radical (unpaired) electrons. The largest absolute Gasteiger partial charge is 0.326 e. The molecule has 14 heavy (non-hydrogen) atoms. The molecule has 0 unspecified atom stereocenters. The zero-order chi connectivity index (χ0) is 10.2. The summed E-state index contributed by atoms with van der Waals surface area (Å²) >= 11 is 1.77. The molecular weight excluding hydrogens is 194 g/mol. The molecule has 0 amide bonds. The van der Waals surface area contributed by atoms with Crippen molar-refractivity contribution in [2.75, 3.05) is 5.75 Å². The molecule has 1 aromatic rings. The fraction of sp³-hybridized carbons (Fsp3) is 0.600. The minimum atomic E-state index is 0.669. The van der Waals surface area contributed by atoms with Gasteiger partial charge in [-0.2, -0.15) is 5.26 Å². The minimum absolute atomic E-state index is 0.669. The van der Waals surface area contributed by atoms with Gasteiger partial charge in [0.1, 0.15) is 0 Å². The Labute approximate surface area is 89.1 Å². The average molecular weight is 209 g/mol. The fourth-order valence-electron chi connectivity index (χ4n) is 1.15. The summed E-state index contributed by atoms with van der Waals surface area (Å²) in [5.41, 5.74) is 0. The van der Waals surface area contributed by atoms with Crippen molar-refractivity contribution in [1.29, 1.82) is 5.26 Å². The molecule has 0 N–H and O–H groups in total. The number of aromatic nitrogens is 2. The molecule has 0 aliphatic carbocycles. The Morgan fingerprint density at radius 2 is 2.43 bits per heavy atom. The predicted molar refractivity (Wildman–Crippen MR) is 58.1 cm³/mol. The summed E-state index contributed by atoms with van der Waals surface area (Å²) in [4.78, 5) is 4.27. The molecule has 0 atom stereocenters. The third kappa shape index (κ3) is 3.43. The number of nitrogens with zero attached hydrogens (tertiary/aromatic N) is 3. The van der Waals surface area contributed by atoms with Crippen molar-refractivity contribution in [3.63, 3.8) is 0 Å². The van der Waals surface area contributed by atoms with Crippen molar-refractivity contribution in [2.24, 2.45) is 0 Å². The first-order chi connectivity index (χ1) is 6.88. The molecule has 1 aromatic heterocycles. The molecule has 0 aliphatic rings. The summed E-state index contributed by atoms with van der Waals surface area (Å²) < 4.78 is 2.13. The van der Waals surface area contributed by atoms with Gasteiger partial charge < -0.3 is 4.57 Å². The summed E-state index contributed by atoms with van der Waals surface area (Å²) in [5.74, 6) is 1.05. The highest BCUT2D eigenvalue weighted by Crippen LogP contribution is 2.17. The van der Waals surface area contributed by atoms with Crippen LogP contribution in [0.2, 0.25) is 0 Å². The maximum absolute atomic E-state index is 8.36. The average Bonchev–Trinajstić information content (AvgIpc) is 2.65. The van der Waals surface area contributed by atoms with Crippen LogP contribution < -0.4 is 0 Å². The van der Waals surface area contributed by atoms with E-state index in [4.69, 9.17) is 5.26 Å². The Hall–Kier alpha value is -0.950. The standard InChI is InChI=1S/C10H15N3S/c1-2-13-8-7-12-10(13)14-9-5-3-4-6-11/h7-8H,2-5,9H2,1H3. The van der Waals surface area contributed by atoms with E-state index in [9.17, 15) is 0 Å². The van der Waals surface area contributed by atoms with E-state index in [0.717, 1.165) is 30.3 Å². The van der Waals surface area contributed by atoms with Gasteiger partial charge >= 0.3 is 0 Å². The normalized spacial score (nSPS) is 10.0. The fourth-order valence-corrected chi connectivity index (χ4v) is 2.17. The molecule has 76 valence electrons. The van der Waals surface area contributed by atoms with Crippen LogP contribution in [0.1, 0.15) is 26.2 Å². The first-order valence-corrected chi connectivity index (χ1v) is 5.88. The number of aryl methyl sites for hydroxylation is 1. The first-order valence-electron chi connectivity index (χ1n) is 4.89. The van der Waals surface area contributed by atoms with Gasteiger partial charge in [0.25, 0.3) is 0 Å². The van der Waals surface area contributed by atoms with Crippen molar-refractivity contribution < 1.29 is 0 Å². The number of hydrogen-bond donors (Lipinski definition) is 0. The van der Waals surface area contributed by atoms with E-state index in [-0.39, 0.29) is 0 Å². The van der Waals surface area contributed by atoms with Crippen molar-refractivity contribution in [3.8, 4) is 6.07 Å². The van der Waals surface area contributed by atoms with E-state index in [1.54, 1.807) is 11.8 Å². The highest BCUT2D eigenvalue weighted by atomic mass is 32.2. The highest BCUT2D eigenvalue weighted by molar-refractivity contribution is 7.99. The van der Waals surface area contributed by atoms with Gasteiger partial charge in [0.2, 0.25) is 0 Å². The van der Waals surface area contributed by atoms with Gasteiger partial charge in [0, 0.05) is 31.1 Å². The molecule has 0 aromatic carbocycles. The van der Waals surface area contributed by atoms with E-state index in [1.807, 2.05) is 12.4 Å². The molecule has 0 fully saturated rings. The maximum atomic E-state index is 8.36. The number of hydrogen-bond acceptors (Lipinski definition) is 3. The Morgan fingerprint density at radius 1 is 1.57 bits per heavy atom. The van der Waals surface area contributed by atoms with Crippen LogP contribution in [0.5, 0.6) is 0 Å². The number of thioether (sulfide) groups is 1. The molecule has 0 saturated heterocycles. The van der Waals surface area contributed by atoms with Gasteiger partial charge in [-0.15, -0.1) is 0 Å². The number of rotatable bonds is 6. The van der Waals surface area contributed by atoms with Crippen LogP contribution in [-0.4, -0.2) is 15.3 Å². The third-order valence-corrected chi connectivity index (χ3v) is 3.02. The second-order valence-electron chi connectivity index (χ2n) is 2.96. The summed E-state index contributed by atoms with van der Waals surface area (Å²) in [7, 11) is 0. The zero-order valence-corrected chi connectivity index (χ0v) is 9.26. The van der Waals surface area contributed by atoms with Gasteiger partial charge in [0.15, 0.2) is 5.16 Å². The number of unbranched alkanes of at least 4 members (excludes halogenated alkanes) is 2. The van der Waals surface area contributed by atoms with Gasteiger partial charge in [-0.25, -0.2) is 4.98 Å². The maximum Gasteiger partial charge on any atom is 0.167 e. The SMILES string of the molecule is CCn1ccnc1SCCCCC#N. The molecule has 1 heterocycles. The minimum Gasteiger partial charge on any atom is -0.326 e. The lowest BCUT2D eigenvalue weighted by Gasteiger charge is -2.02. The van der Waals surface area contributed by atoms with E-state index >= 15 is 0 Å².